The summed E-state index contributed by atoms with van der Waals surface area (Å²) in [5.41, 5.74) is 2.68. The summed E-state index contributed by atoms with van der Waals surface area (Å²) in [6.07, 6.45) is 1.41. The first kappa shape index (κ1) is 15.9. The van der Waals surface area contributed by atoms with Crippen LogP contribution < -0.4 is 0 Å². The molecule has 0 aliphatic carbocycles. The average molecular weight is 306 g/mol. The minimum absolute atomic E-state index is 0.366. The predicted molar refractivity (Wildman–Crippen MR) is 83.5 cm³/mol. The van der Waals surface area contributed by atoms with Gasteiger partial charge in [0.2, 0.25) is 12.6 Å². The predicted octanol–water partition coefficient (Wildman–Crippen LogP) is 2.93. The molecule has 22 heavy (non-hydrogen) atoms. The molecule has 0 unspecified atom stereocenters. The van der Waals surface area contributed by atoms with Crippen LogP contribution in [0.1, 0.15) is 24.5 Å². The van der Waals surface area contributed by atoms with Crippen molar-refractivity contribution >= 4 is 0 Å². The zero-order chi connectivity index (χ0) is 15.4. The van der Waals surface area contributed by atoms with Gasteiger partial charge in [0.25, 0.3) is 0 Å². The van der Waals surface area contributed by atoms with Gasteiger partial charge < -0.3 is 18.9 Å². The van der Waals surface area contributed by atoms with Crippen LogP contribution in [0.25, 0.3) is 0 Å². The maximum atomic E-state index is 5.80. The first-order valence-corrected chi connectivity index (χ1v) is 8.22. The molecule has 2 saturated heterocycles. The molecule has 122 valence electrons. The Morgan fingerprint density at radius 2 is 1.41 bits per heavy atom. The summed E-state index contributed by atoms with van der Waals surface area (Å²) >= 11 is 0. The van der Waals surface area contributed by atoms with Crippen LogP contribution in [0.2, 0.25) is 0 Å². The molecule has 0 atom stereocenters. The molecule has 2 aliphatic heterocycles. The van der Waals surface area contributed by atoms with Gasteiger partial charge >= 0.3 is 0 Å². The summed E-state index contributed by atoms with van der Waals surface area (Å²) in [5.74, 6) is 0.891. The molecule has 0 amide bonds. The normalized spacial score (nSPS) is 32.8. The minimum Gasteiger partial charge on any atom is -0.348 e. The van der Waals surface area contributed by atoms with Crippen LogP contribution >= 0.6 is 0 Å². The molecule has 2 fully saturated rings. The van der Waals surface area contributed by atoms with Gasteiger partial charge in [-0.15, -0.1) is 0 Å². The number of aryl methyl sites for hydroxylation is 2. The molecule has 2 aliphatic rings. The van der Waals surface area contributed by atoms with E-state index in [1.807, 2.05) is 0 Å². The molecule has 0 aromatic heterocycles. The average Bonchev–Trinajstić information content (AvgIpc) is 2.56. The Labute approximate surface area is 132 Å². The fraction of sp³-hybridized carbons (Fsp3) is 0.667. The van der Waals surface area contributed by atoms with Gasteiger partial charge in [-0.1, -0.05) is 36.8 Å². The van der Waals surface area contributed by atoms with E-state index in [1.54, 1.807) is 0 Å². The topological polar surface area (TPSA) is 36.9 Å². The Kier molecular flexibility index (Phi) is 5.47. The van der Waals surface area contributed by atoms with Crippen molar-refractivity contribution in [3.63, 3.8) is 0 Å². The molecule has 4 heteroatoms. The lowest BCUT2D eigenvalue weighted by molar-refractivity contribution is -0.330. The summed E-state index contributed by atoms with van der Waals surface area (Å²) in [6.45, 7) is 7.09. The molecule has 0 saturated carbocycles. The fourth-order valence-corrected chi connectivity index (χ4v) is 2.78. The van der Waals surface area contributed by atoms with Gasteiger partial charge in [-0.3, -0.25) is 0 Å². The number of hydrogen-bond donors (Lipinski definition) is 0. The zero-order valence-corrected chi connectivity index (χ0v) is 13.5. The number of ether oxygens (including phenoxy) is 4. The van der Waals surface area contributed by atoms with Crippen LogP contribution in [0.4, 0.5) is 0 Å². The first-order valence-electron chi connectivity index (χ1n) is 8.22. The van der Waals surface area contributed by atoms with E-state index in [2.05, 4.69) is 38.1 Å². The highest BCUT2D eigenvalue weighted by Gasteiger charge is 2.33. The van der Waals surface area contributed by atoms with Crippen LogP contribution in [0.3, 0.4) is 0 Å². The van der Waals surface area contributed by atoms with Gasteiger partial charge in [-0.05, 0) is 25.3 Å². The van der Waals surface area contributed by atoms with E-state index in [1.165, 1.54) is 11.1 Å². The Bertz CT molecular complexity index is 443. The molecule has 1 aromatic carbocycles. The van der Waals surface area contributed by atoms with E-state index in [0.29, 0.717) is 25.0 Å². The van der Waals surface area contributed by atoms with Crippen LogP contribution in [0.15, 0.2) is 24.3 Å². The largest absolute Gasteiger partial charge is 0.348 e. The highest BCUT2D eigenvalue weighted by atomic mass is 16.8. The highest BCUT2D eigenvalue weighted by molar-refractivity contribution is 5.21. The third-order valence-electron chi connectivity index (χ3n) is 4.27. The van der Waals surface area contributed by atoms with Gasteiger partial charge in [-0.2, -0.15) is 0 Å². The second-order valence-electron chi connectivity index (χ2n) is 6.57. The summed E-state index contributed by atoms with van der Waals surface area (Å²) in [7, 11) is 0. The van der Waals surface area contributed by atoms with Crippen molar-refractivity contribution in [3.05, 3.63) is 35.4 Å². The molecule has 4 nitrogen and oxygen atoms in total. The maximum Gasteiger partial charge on any atom is 0.209 e. The smallest absolute Gasteiger partial charge is 0.209 e. The van der Waals surface area contributed by atoms with Crippen molar-refractivity contribution in [2.45, 2.75) is 39.3 Å². The van der Waals surface area contributed by atoms with E-state index in [-0.39, 0.29) is 12.6 Å². The van der Waals surface area contributed by atoms with Crippen LogP contribution in [0.5, 0.6) is 0 Å². The maximum absolute atomic E-state index is 5.80. The van der Waals surface area contributed by atoms with Gasteiger partial charge in [-0.25, -0.2) is 0 Å². The second kappa shape index (κ2) is 7.55. The van der Waals surface area contributed by atoms with Crippen LogP contribution in [0, 0.1) is 18.8 Å². The summed E-state index contributed by atoms with van der Waals surface area (Å²) in [5, 5.41) is 0. The molecule has 0 N–H and O–H groups in total. The molecule has 0 spiro atoms. The number of hydrogen-bond acceptors (Lipinski definition) is 4. The van der Waals surface area contributed by atoms with Crippen molar-refractivity contribution in [2.24, 2.45) is 11.8 Å². The number of benzene rings is 1. The molecule has 3 rings (SSSR count). The van der Waals surface area contributed by atoms with Crippen LogP contribution in [-0.4, -0.2) is 39.0 Å². The molecule has 0 radical (unpaired) electrons. The fourth-order valence-electron chi connectivity index (χ4n) is 2.78. The number of rotatable bonds is 4. The van der Waals surface area contributed by atoms with E-state index in [4.69, 9.17) is 18.9 Å². The summed E-state index contributed by atoms with van der Waals surface area (Å²) < 4.78 is 22.9. The third kappa shape index (κ3) is 4.29. The minimum atomic E-state index is -0.372. The summed E-state index contributed by atoms with van der Waals surface area (Å²) in [4.78, 5) is 0. The quantitative estimate of drug-likeness (QED) is 0.857. The lowest BCUT2D eigenvalue weighted by Gasteiger charge is -2.36. The first-order chi connectivity index (χ1) is 10.7. The van der Waals surface area contributed by atoms with Gasteiger partial charge in [0.1, 0.15) is 0 Å². The Morgan fingerprint density at radius 3 is 2.00 bits per heavy atom. The molecule has 2 heterocycles. The van der Waals surface area contributed by atoms with Crippen molar-refractivity contribution in [1.82, 2.24) is 0 Å². The van der Waals surface area contributed by atoms with Crippen molar-refractivity contribution in [3.8, 4) is 0 Å². The Morgan fingerprint density at radius 1 is 0.864 bits per heavy atom. The summed E-state index contributed by atoms with van der Waals surface area (Å²) in [6, 6.07) is 8.73. The van der Waals surface area contributed by atoms with Crippen molar-refractivity contribution < 1.29 is 18.9 Å². The Balaban J connectivity index is 1.39. The molecular formula is C18H26O4. The molecule has 1 aromatic rings. The van der Waals surface area contributed by atoms with E-state index in [9.17, 15) is 0 Å². The highest BCUT2D eigenvalue weighted by Crippen LogP contribution is 2.23. The standard InChI is InChI=1S/C18H26O4/c1-13-3-5-15(6-4-13)7-8-16-11-21-18(22-12-16)17-19-9-14(2)10-20-17/h3-6,14,16-18H,7-12H2,1-2H3. The van der Waals surface area contributed by atoms with Gasteiger partial charge in [0.05, 0.1) is 26.4 Å². The van der Waals surface area contributed by atoms with Gasteiger partial charge in [0.15, 0.2) is 0 Å². The SMILES string of the molecule is Cc1ccc(CCC2COC(C3OCC(C)CO3)OC2)cc1. The van der Waals surface area contributed by atoms with E-state index < -0.39 is 0 Å². The lowest BCUT2D eigenvalue weighted by Crippen LogP contribution is -2.46. The Hall–Kier alpha value is -0.940. The van der Waals surface area contributed by atoms with Crippen molar-refractivity contribution in [1.29, 1.82) is 0 Å². The third-order valence-corrected chi connectivity index (χ3v) is 4.27. The van der Waals surface area contributed by atoms with Gasteiger partial charge in [0, 0.05) is 11.8 Å². The molecule has 0 bridgehead atoms. The second-order valence-corrected chi connectivity index (χ2v) is 6.57. The van der Waals surface area contributed by atoms with E-state index in [0.717, 1.165) is 26.1 Å². The monoisotopic (exact) mass is 306 g/mol. The molecular weight excluding hydrogens is 280 g/mol. The van der Waals surface area contributed by atoms with Crippen LogP contribution in [-0.2, 0) is 25.4 Å². The van der Waals surface area contributed by atoms with E-state index >= 15 is 0 Å². The zero-order valence-electron chi connectivity index (χ0n) is 13.5. The lowest BCUT2D eigenvalue weighted by atomic mass is 10.00. The van der Waals surface area contributed by atoms with Crippen molar-refractivity contribution in [2.75, 3.05) is 26.4 Å².